The van der Waals surface area contributed by atoms with E-state index in [0.29, 0.717) is 0 Å². The van der Waals surface area contributed by atoms with E-state index >= 15 is 0 Å². The van der Waals surface area contributed by atoms with Crippen molar-refractivity contribution >= 4 is 62.7 Å². The number of aromatic nitrogens is 2. The van der Waals surface area contributed by atoms with Gasteiger partial charge in [-0.25, -0.2) is 0 Å². The Hall–Kier alpha value is 0.677. The molecule has 36 valence electrons. The second-order valence-corrected chi connectivity index (χ2v) is 3.28. The molecule has 9 heavy (non-hydrogen) atoms. The molecule has 0 aromatic carbocycles. The van der Waals surface area contributed by atoms with Crippen LogP contribution in [0.1, 0.15) is 0 Å². The highest BCUT2D eigenvalue weighted by molar-refractivity contribution is 6.38. The first-order valence-corrected chi connectivity index (χ1v) is 4.07. The van der Waals surface area contributed by atoms with Crippen LogP contribution in [0.15, 0.2) is 6.07 Å². The van der Waals surface area contributed by atoms with Gasteiger partial charge >= 0.3 is 0 Å². The average molecular weight is 158 g/mol. The van der Waals surface area contributed by atoms with Gasteiger partial charge < -0.3 is 0 Å². The first-order valence-electron chi connectivity index (χ1n) is 2.34. The highest BCUT2D eigenvalue weighted by Gasteiger charge is 1.87. The van der Waals surface area contributed by atoms with E-state index in [-0.39, 0.29) is 0 Å². The van der Waals surface area contributed by atoms with Crippen molar-refractivity contribution in [2.45, 2.75) is 0 Å². The fourth-order valence-corrected chi connectivity index (χ4v) is 1.90. The molecule has 0 aliphatic heterocycles. The summed E-state index contributed by atoms with van der Waals surface area (Å²) in [5, 5.41) is 0. The molecule has 1 rings (SSSR count). The van der Waals surface area contributed by atoms with Crippen LogP contribution in [0.25, 0.3) is 0 Å². The van der Waals surface area contributed by atoms with E-state index in [0.717, 1.165) is 13.8 Å². The van der Waals surface area contributed by atoms with Crippen LogP contribution in [0.5, 0.6) is 0 Å². The molecule has 0 bridgehead atoms. The van der Waals surface area contributed by atoms with Gasteiger partial charge in [-0.15, -0.1) is 0 Å². The summed E-state index contributed by atoms with van der Waals surface area (Å²) in [5.41, 5.74) is 0. The Bertz CT molecular complexity index is 175. The van der Waals surface area contributed by atoms with Gasteiger partial charge in [-0.2, -0.15) is 0 Å². The van der Waals surface area contributed by atoms with Crippen molar-refractivity contribution < 1.29 is 0 Å². The van der Waals surface area contributed by atoms with Crippen LogP contribution in [0, 0.1) is 0 Å². The summed E-state index contributed by atoms with van der Waals surface area (Å²) in [7, 11) is 0. The van der Waals surface area contributed by atoms with Crippen LogP contribution in [-0.4, -0.2) is 58.8 Å². The first kappa shape index (κ1) is 7.78. The summed E-state index contributed by atoms with van der Waals surface area (Å²) in [6, 6.07) is 1.88. The standard InChI is InChI=1S/C4HN2.3Al/c1-2-5-4-6-3-1;;;/h1H;;;. The predicted octanol–water partition coefficient (Wildman–Crippen LogP) is -3.14. The molecular weight excluding hydrogens is 157 g/mol. The van der Waals surface area contributed by atoms with E-state index < -0.39 is 0 Å². The highest BCUT2D eigenvalue weighted by Crippen LogP contribution is 1.57. The van der Waals surface area contributed by atoms with Crippen molar-refractivity contribution in [1.29, 1.82) is 0 Å². The van der Waals surface area contributed by atoms with Gasteiger partial charge in [0, 0.05) is 4.69 Å². The molecule has 6 radical (unpaired) electrons. The van der Waals surface area contributed by atoms with Crippen LogP contribution in [0.4, 0.5) is 0 Å². The maximum Gasteiger partial charge on any atom is 0.244 e. The van der Waals surface area contributed by atoms with Crippen LogP contribution >= 0.6 is 0 Å². The number of hydrogen-bond donors (Lipinski definition) is 0. The minimum absolute atomic E-state index is 0.729. The van der Waals surface area contributed by atoms with Crippen molar-refractivity contribution in [3.8, 4) is 0 Å². The zero-order valence-corrected chi connectivity index (χ0v) is 8.17. The Morgan fingerprint density at radius 2 is 1.44 bits per heavy atom. The topological polar surface area (TPSA) is 25.8 Å². The average Bonchev–Trinajstić information content (AvgIpc) is 1.59. The molecule has 0 amide bonds. The molecule has 5 heteroatoms. The molecule has 1 aromatic heterocycles. The quantitative estimate of drug-likeness (QED) is 0.373. The summed E-state index contributed by atoms with van der Waals surface area (Å²) in [5.74, 6) is 0. The minimum Gasteiger partial charge on any atom is -0.282 e. The van der Waals surface area contributed by atoms with Crippen molar-refractivity contribution in [2.24, 2.45) is 0 Å². The fraction of sp³-hybridized carbons (Fsp3) is 0. The molecule has 0 atom stereocenters. The Labute approximate surface area is 78.4 Å². The van der Waals surface area contributed by atoms with Gasteiger partial charge in [-0.1, -0.05) is 15.2 Å². The van der Waals surface area contributed by atoms with Crippen molar-refractivity contribution in [3.63, 3.8) is 0 Å². The Kier molecular flexibility index (Phi) is 2.75. The molecule has 0 saturated heterocycles. The molecule has 0 fully saturated rings. The molecule has 0 aliphatic rings. The lowest BCUT2D eigenvalue weighted by Gasteiger charge is -1.99. The van der Waals surface area contributed by atoms with Gasteiger partial charge in [0.1, 0.15) is 0 Å². The normalized spacial score (nSPS) is 9.33. The molecule has 2 nitrogen and oxygen atoms in total. The van der Waals surface area contributed by atoms with Crippen LogP contribution in [0.3, 0.4) is 0 Å². The summed E-state index contributed by atoms with van der Waals surface area (Å²) in [4.78, 5) is 8.07. The Balaban J connectivity index is 3.17. The molecule has 0 aliphatic carbocycles. The van der Waals surface area contributed by atoms with Gasteiger partial charge in [0.15, 0.2) is 0 Å². The molecular formula is C4HAl3N2. The molecule has 0 spiro atoms. The van der Waals surface area contributed by atoms with Gasteiger partial charge in [-0.05, 0) is 0 Å². The molecule has 0 N–H and O–H groups in total. The first-order chi connectivity index (χ1) is 4.18. The largest absolute Gasteiger partial charge is 0.282 e. The van der Waals surface area contributed by atoms with Gasteiger partial charge in [0.2, 0.25) is 48.9 Å². The van der Waals surface area contributed by atoms with Gasteiger partial charge in [0.25, 0.3) is 0 Å². The van der Waals surface area contributed by atoms with Crippen LogP contribution in [-0.2, 0) is 0 Å². The van der Waals surface area contributed by atoms with E-state index in [1.165, 1.54) is 0 Å². The lowest BCUT2D eigenvalue weighted by atomic mass is 10.7. The predicted molar refractivity (Wildman–Crippen MR) is 38.2 cm³/mol. The number of nitrogens with zero attached hydrogens (tertiary/aromatic N) is 2. The van der Waals surface area contributed by atoms with E-state index in [4.69, 9.17) is 0 Å². The summed E-state index contributed by atoms with van der Waals surface area (Å²) >= 11 is 7.49. The number of hydrogen-bond acceptors (Lipinski definition) is 2. The van der Waals surface area contributed by atoms with Crippen molar-refractivity contribution in [2.75, 3.05) is 0 Å². The Morgan fingerprint density at radius 1 is 1.00 bits per heavy atom. The highest BCUT2D eigenvalue weighted by atomic mass is 27.1. The summed E-state index contributed by atoms with van der Waals surface area (Å²) < 4.78 is 2.56. The van der Waals surface area contributed by atoms with E-state index in [1.807, 2.05) is 6.07 Å². The molecule has 1 aromatic rings. The van der Waals surface area contributed by atoms with Crippen molar-refractivity contribution in [3.05, 3.63) is 6.07 Å². The SMILES string of the molecule is [Al][c]1c[c]([Al])n[c]([Al])n1. The Morgan fingerprint density at radius 3 is 1.78 bits per heavy atom. The molecule has 0 unspecified atom stereocenters. The van der Waals surface area contributed by atoms with Gasteiger partial charge in [-0.3, -0.25) is 9.97 Å². The van der Waals surface area contributed by atoms with E-state index in [1.54, 1.807) is 0 Å². The summed E-state index contributed by atoms with van der Waals surface area (Å²) in [6.45, 7) is 0. The van der Waals surface area contributed by atoms with E-state index in [2.05, 4.69) is 58.8 Å². The fourth-order valence-electron chi connectivity index (χ4n) is 0.506. The lowest BCUT2D eigenvalue weighted by Crippen LogP contribution is -2.32. The lowest BCUT2D eigenvalue weighted by molar-refractivity contribution is 1.31. The van der Waals surface area contributed by atoms with Crippen LogP contribution < -0.4 is 13.8 Å². The third-order valence-electron chi connectivity index (χ3n) is 0.783. The van der Waals surface area contributed by atoms with Crippen molar-refractivity contribution in [1.82, 2.24) is 9.97 Å². The minimum atomic E-state index is 0.729. The smallest absolute Gasteiger partial charge is 0.244 e. The number of rotatable bonds is 0. The second kappa shape index (κ2) is 3.18. The zero-order valence-electron chi connectivity index (χ0n) is 4.70. The van der Waals surface area contributed by atoms with Crippen LogP contribution in [0.2, 0.25) is 0 Å². The maximum absolute atomic E-state index is 4.04. The second-order valence-electron chi connectivity index (χ2n) is 1.58. The van der Waals surface area contributed by atoms with Gasteiger partial charge in [0.05, 0.1) is 0 Å². The zero-order chi connectivity index (χ0) is 6.85. The third-order valence-corrected chi connectivity index (χ3v) is 1.63. The maximum atomic E-state index is 4.04. The summed E-state index contributed by atoms with van der Waals surface area (Å²) in [6.07, 6.45) is 0. The third kappa shape index (κ3) is 2.41. The van der Waals surface area contributed by atoms with E-state index in [9.17, 15) is 0 Å². The monoisotopic (exact) mass is 158 g/mol. The molecule has 1 heterocycles. The molecule has 0 saturated carbocycles.